The number of methoxy groups -OCH3 is 1. The van der Waals surface area contributed by atoms with Gasteiger partial charge in [-0.25, -0.2) is 9.97 Å². The van der Waals surface area contributed by atoms with Crippen LogP contribution in [-0.2, 0) is 4.74 Å². The molecule has 0 amide bonds. The van der Waals surface area contributed by atoms with Crippen LogP contribution in [0.2, 0.25) is 0 Å². The summed E-state index contributed by atoms with van der Waals surface area (Å²) in [6.07, 6.45) is 4.15. The second-order valence-corrected chi connectivity index (χ2v) is 4.34. The van der Waals surface area contributed by atoms with Gasteiger partial charge >= 0.3 is 0 Å². The fourth-order valence-electron chi connectivity index (χ4n) is 2.32. The number of hydrogen-bond acceptors (Lipinski definition) is 5. The van der Waals surface area contributed by atoms with Crippen molar-refractivity contribution >= 4 is 11.6 Å². The Morgan fingerprint density at radius 3 is 2.65 bits per heavy atom. The molecule has 94 valence electrons. The first-order chi connectivity index (χ1) is 8.26. The van der Waals surface area contributed by atoms with E-state index in [9.17, 15) is 0 Å². The van der Waals surface area contributed by atoms with E-state index in [1.54, 1.807) is 13.4 Å². The molecule has 1 aliphatic rings. The zero-order chi connectivity index (χ0) is 12.3. The highest BCUT2D eigenvalue weighted by Gasteiger charge is 2.21. The van der Waals surface area contributed by atoms with Crippen molar-refractivity contribution in [2.45, 2.75) is 25.9 Å². The number of hydrogen-bond donors (Lipinski definition) is 1. The van der Waals surface area contributed by atoms with Crippen LogP contribution in [0.4, 0.5) is 11.6 Å². The molecule has 0 atom stereocenters. The lowest BCUT2D eigenvalue weighted by atomic mass is 10.1. The van der Waals surface area contributed by atoms with Crippen LogP contribution in [0.1, 0.15) is 18.4 Å². The van der Waals surface area contributed by atoms with Gasteiger partial charge in [0.1, 0.15) is 18.0 Å². The summed E-state index contributed by atoms with van der Waals surface area (Å²) in [7, 11) is 3.67. The van der Waals surface area contributed by atoms with Crippen molar-refractivity contribution in [2.75, 3.05) is 37.5 Å². The Labute approximate surface area is 102 Å². The molecule has 17 heavy (non-hydrogen) atoms. The first-order valence-electron chi connectivity index (χ1n) is 6.03. The number of piperidine rings is 1. The lowest BCUT2D eigenvalue weighted by Gasteiger charge is -2.33. The van der Waals surface area contributed by atoms with Crippen LogP contribution < -0.4 is 10.2 Å². The minimum absolute atomic E-state index is 0.400. The van der Waals surface area contributed by atoms with Crippen molar-refractivity contribution in [2.24, 2.45) is 0 Å². The number of nitrogens with zero attached hydrogens (tertiary/aromatic N) is 3. The molecule has 2 heterocycles. The Morgan fingerprint density at radius 2 is 2.06 bits per heavy atom. The highest BCUT2D eigenvalue weighted by Crippen LogP contribution is 2.25. The van der Waals surface area contributed by atoms with Crippen LogP contribution in [0.3, 0.4) is 0 Å². The SMILES string of the molecule is CNc1ncnc(N2CCC(OC)CC2)c1C. The zero-order valence-electron chi connectivity index (χ0n) is 10.7. The molecular formula is C12H20N4O. The van der Waals surface area contributed by atoms with Gasteiger partial charge < -0.3 is 15.0 Å². The van der Waals surface area contributed by atoms with Gasteiger partial charge in [-0.05, 0) is 19.8 Å². The summed E-state index contributed by atoms with van der Waals surface area (Å²) in [5.41, 5.74) is 1.12. The van der Waals surface area contributed by atoms with E-state index >= 15 is 0 Å². The van der Waals surface area contributed by atoms with Gasteiger partial charge in [0.05, 0.1) is 6.10 Å². The molecule has 1 aromatic heterocycles. The van der Waals surface area contributed by atoms with Crippen molar-refractivity contribution in [1.82, 2.24) is 9.97 Å². The maximum atomic E-state index is 5.38. The molecular weight excluding hydrogens is 216 g/mol. The predicted molar refractivity (Wildman–Crippen MR) is 68.6 cm³/mol. The van der Waals surface area contributed by atoms with E-state index in [0.717, 1.165) is 43.1 Å². The van der Waals surface area contributed by atoms with Gasteiger partial charge in [-0.2, -0.15) is 0 Å². The second-order valence-electron chi connectivity index (χ2n) is 4.34. The minimum atomic E-state index is 0.400. The summed E-state index contributed by atoms with van der Waals surface area (Å²) in [4.78, 5) is 10.9. The Bertz CT molecular complexity index is 375. The molecule has 0 unspecified atom stereocenters. The number of nitrogens with one attached hydrogen (secondary N) is 1. The molecule has 0 spiro atoms. The fourth-order valence-corrected chi connectivity index (χ4v) is 2.32. The Morgan fingerprint density at radius 1 is 1.35 bits per heavy atom. The summed E-state index contributed by atoms with van der Waals surface area (Å²) in [5, 5.41) is 3.09. The first-order valence-corrected chi connectivity index (χ1v) is 6.03. The van der Waals surface area contributed by atoms with Crippen LogP contribution in [0, 0.1) is 6.92 Å². The van der Waals surface area contributed by atoms with Crippen molar-refractivity contribution in [1.29, 1.82) is 0 Å². The third-order valence-corrected chi connectivity index (χ3v) is 3.37. The van der Waals surface area contributed by atoms with Gasteiger partial charge in [0.2, 0.25) is 0 Å². The van der Waals surface area contributed by atoms with Crippen molar-refractivity contribution in [3.05, 3.63) is 11.9 Å². The maximum absolute atomic E-state index is 5.38. The molecule has 0 bridgehead atoms. The monoisotopic (exact) mass is 236 g/mol. The van der Waals surface area contributed by atoms with Gasteiger partial charge in [-0.1, -0.05) is 0 Å². The second kappa shape index (κ2) is 5.31. The Hall–Kier alpha value is -1.36. The normalized spacial score (nSPS) is 17.2. The lowest BCUT2D eigenvalue weighted by Crippen LogP contribution is -2.37. The number of aromatic nitrogens is 2. The summed E-state index contributed by atoms with van der Waals surface area (Å²) < 4.78 is 5.38. The van der Waals surface area contributed by atoms with E-state index in [1.807, 2.05) is 7.05 Å². The van der Waals surface area contributed by atoms with E-state index < -0.39 is 0 Å². The topological polar surface area (TPSA) is 50.3 Å². The smallest absolute Gasteiger partial charge is 0.137 e. The number of rotatable bonds is 3. The standard InChI is InChI=1S/C12H20N4O/c1-9-11(13-2)14-8-15-12(9)16-6-4-10(17-3)5-7-16/h8,10H,4-7H2,1-3H3,(H,13,14,15). The average molecular weight is 236 g/mol. The van der Waals surface area contributed by atoms with Gasteiger partial charge in [0, 0.05) is 32.8 Å². The van der Waals surface area contributed by atoms with Crippen molar-refractivity contribution in [3.8, 4) is 0 Å². The minimum Gasteiger partial charge on any atom is -0.381 e. The summed E-state index contributed by atoms with van der Waals surface area (Å²) >= 11 is 0. The van der Waals surface area contributed by atoms with E-state index in [0.29, 0.717) is 6.10 Å². The van der Waals surface area contributed by atoms with Crippen LogP contribution in [0.5, 0.6) is 0 Å². The van der Waals surface area contributed by atoms with Gasteiger partial charge in [0.25, 0.3) is 0 Å². The summed E-state index contributed by atoms with van der Waals surface area (Å²) in [6, 6.07) is 0. The summed E-state index contributed by atoms with van der Waals surface area (Å²) in [5.74, 6) is 1.95. The molecule has 1 N–H and O–H groups in total. The van der Waals surface area contributed by atoms with Crippen molar-refractivity contribution in [3.63, 3.8) is 0 Å². The molecule has 1 aliphatic heterocycles. The van der Waals surface area contributed by atoms with Gasteiger partial charge in [-0.15, -0.1) is 0 Å². The highest BCUT2D eigenvalue weighted by molar-refractivity contribution is 5.57. The van der Waals surface area contributed by atoms with Gasteiger partial charge in [0.15, 0.2) is 0 Å². The largest absolute Gasteiger partial charge is 0.381 e. The quantitative estimate of drug-likeness (QED) is 0.860. The lowest BCUT2D eigenvalue weighted by molar-refractivity contribution is 0.0818. The van der Waals surface area contributed by atoms with E-state index in [-0.39, 0.29) is 0 Å². The fraction of sp³-hybridized carbons (Fsp3) is 0.667. The molecule has 2 rings (SSSR count). The van der Waals surface area contributed by atoms with E-state index in [2.05, 4.69) is 27.1 Å². The molecule has 5 heteroatoms. The van der Waals surface area contributed by atoms with Crippen LogP contribution in [-0.4, -0.2) is 43.3 Å². The average Bonchev–Trinajstić information content (AvgIpc) is 2.39. The third-order valence-electron chi connectivity index (χ3n) is 3.37. The maximum Gasteiger partial charge on any atom is 0.137 e. The van der Waals surface area contributed by atoms with Gasteiger partial charge in [-0.3, -0.25) is 0 Å². The molecule has 0 aliphatic carbocycles. The van der Waals surface area contributed by atoms with E-state index in [1.165, 1.54) is 0 Å². The molecule has 5 nitrogen and oxygen atoms in total. The van der Waals surface area contributed by atoms with Crippen LogP contribution in [0.15, 0.2) is 6.33 Å². The molecule has 0 aromatic carbocycles. The zero-order valence-corrected chi connectivity index (χ0v) is 10.7. The first kappa shape index (κ1) is 12.1. The number of anilines is 2. The summed E-state index contributed by atoms with van der Waals surface area (Å²) in [6.45, 7) is 4.06. The molecule has 1 aromatic rings. The van der Waals surface area contributed by atoms with Crippen LogP contribution >= 0.6 is 0 Å². The predicted octanol–water partition coefficient (Wildman–Crippen LogP) is 1.44. The molecule has 1 saturated heterocycles. The van der Waals surface area contributed by atoms with Crippen LogP contribution in [0.25, 0.3) is 0 Å². The Balaban J connectivity index is 2.13. The van der Waals surface area contributed by atoms with Crippen molar-refractivity contribution < 1.29 is 4.74 Å². The number of ether oxygens (including phenoxy) is 1. The molecule has 1 fully saturated rings. The Kier molecular flexibility index (Phi) is 3.78. The molecule has 0 radical (unpaired) electrons. The third kappa shape index (κ3) is 2.49. The van der Waals surface area contributed by atoms with E-state index in [4.69, 9.17) is 4.74 Å². The molecule has 0 saturated carbocycles. The highest BCUT2D eigenvalue weighted by atomic mass is 16.5.